The molecule has 0 aliphatic heterocycles. The van der Waals surface area contributed by atoms with Crippen molar-refractivity contribution in [3.63, 3.8) is 0 Å². The first-order valence-corrected chi connectivity index (χ1v) is 6.89. The van der Waals surface area contributed by atoms with Gasteiger partial charge in [-0.2, -0.15) is 0 Å². The fourth-order valence-corrected chi connectivity index (χ4v) is 2.40. The second-order valence-corrected chi connectivity index (χ2v) is 5.20. The minimum Gasteiger partial charge on any atom is -0.480 e. The molecule has 1 heterocycles. The summed E-state index contributed by atoms with van der Waals surface area (Å²) in [5.41, 5.74) is 2.61. The maximum atomic E-state index is 12.2. The summed E-state index contributed by atoms with van der Waals surface area (Å²) in [7, 11) is 1.52. The second kappa shape index (κ2) is 5.99. The number of hydrogen-bond acceptors (Lipinski definition) is 3. The van der Waals surface area contributed by atoms with E-state index in [1.807, 2.05) is 25.1 Å². The van der Waals surface area contributed by atoms with Crippen molar-refractivity contribution in [3.05, 3.63) is 35.6 Å². The zero-order valence-corrected chi connectivity index (χ0v) is 12.4. The van der Waals surface area contributed by atoms with Gasteiger partial charge in [-0.1, -0.05) is 19.1 Å². The first-order chi connectivity index (χ1) is 9.93. The van der Waals surface area contributed by atoms with Crippen molar-refractivity contribution in [1.82, 2.24) is 4.90 Å². The minimum atomic E-state index is -0.985. The number of carbonyl (C=O) groups is 2. The number of fused-ring (bicyclic) bond motifs is 1. The minimum absolute atomic E-state index is 0.135. The van der Waals surface area contributed by atoms with Gasteiger partial charge in [-0.05, 0) is 25.0 Å². The smallest absolute Gasteiger partial charge is 0.326 e. The van der Waals surface area contributed by atoms with Gasteiger partial charge in [0.15, 0.2) is 0 Å². The van der Waals surface area contributed by atoms with Crippen molar-refractivity contribution >= 4 is 22.8 Å². The molecule has 1 N–H and O–H groups in total. The molecule has 1 atom stereocenters. The summed E-state index contributed by atoms with van der Waals surface area (Å²) in [6.07, 6.45) is 2.08. The van der Waals surface area contributed by atoms with Gasteiger partial charge >= 0.3 is 5.97 Å². The molecule has 5 nitrogen and oxygen atoms in total. The van der Waals surface area contributed by atoms with Gasteiger partial charge in [-0.15, -0.1) is 0 Å². The van der Waals surface area contributed by atoms with Gasteiger partial charge in [-0.3, -0.25) is 4.79 Å². The number of carboxylic acid groups (broad SMARTS) is 1. The van der Waals surface area contributed by atoms with Gasteiger partial charge in [0.2, 0.25) is 5.91 Å². The fourth-order valence-electron chi connectivity index (χ4n) is 2.40. The number of carboxylic acids is 1. The van der Waals surface area contributed by atoms with Crippen molar-refractivity contribution in [3.8, 4) is 0 Å². The number of amides is 1. The van der Waals surface area contributed by atoms with Crippen LogP contribution in [0.3, 0.4) is 0 Å². The van der Waals surface area contributed by atoms with E-state index in [0.717, 1.165) is 22.1 Å². The molecule has 112 valence electrons. The lowest BCUT2D eigenvalue weighted by Gasteiger charge is -2.23. The predicted molar refractivity (Wildman–Crippen MR) is 79.1 cm³/mol. The highest BCUT2D eigenvalue weighted by Crippen LogP contribution is 2.23. The van der Waals surface area contributed by atoms with Crippen molar-refractivity contribution < 1.29 is 19.1 Å². The SMILES string of the molecule is CCC(C(=O)O)N(C)C(=O)Cc1coc2cc(C)ccc12. The summed E-state index contributed by atoms with van der Waals surface area (Å²) in [5.74, 6) is -1.21. The van der Waals surface area contributed by atoms with Crippen LogP contribution in [0.4, 0.5) is 0 Å². The zero-order chi connectivity index (χ0) is 15.6. The molecule has 0 saturated heterocycles. The van der Waals surface area contributed by atoms with E-state index < -0.39 is 12.0 Å². The second-order valence-electron chi connectivity index (χ2n) is 5.20. The molecule has 0 bridgehead atoms. The lowest BCUT2D eigenvalue weighted by molar-refractivity contribution is -0.148. The molecule has 0 aliphatic carbocycles. The van der Waals surface area contributed by atoms with E-state index in [0.29, 0.717) is 6.42 Å². The number of aryl methyl sites for hydroxylation is 1. The van der Waals surface area contributed by atoms with Crippen molar-refractivity contribution in [2.75, 3.05) is 7.05 Å². The number of nitrogens with zero attached hydrogens (tertiary/aromatic N) is 1. The average Bonchev–Trinajstić information content (AvgIpc) is 2.81. The molecule has 0 spiro atoms. The van der Waals surface area contributed by atoms with E-state index in [-0.39, 0.29) is 12.3 Å². The maximum Gasteiger partial charge on any atom is 0.326 e. The Morgan fingerprint density at radius 3 is 2.71 bits per heavy atom. The van der Waals surface area contributed by atoms with E-state index in [1.165, 1.54) is 11.9 Å². The van der Waals surface area contributed by atoms with E-state index >= 15 is 0 Å². The summed E-state index contributed by atoms with van der Waals surface area (Å²) >= 11 is 0. The Balaban J connectivity index is 2.20. The Kier molecular flexibility index (Phi) is 4.31. The first kappa shape index (κ1) is 15.1. The van der Waals surface area contributed by atoms with Gasteiger partial charge in [0.05, 0.1) is 12.7 Å². The number of aliphatic carboxylic acids is 1. The Bertz CT molecular complexity index is 674. The fraction of sp³-hybridized carbons (Fsp3) is 0.375. The summed E-state index contributed by atoms with van der Waals surface area (Å²) in [6, 6.07) is 5.00. The molecule has 21 heavy (non-hydrogen) atoms. The number of furan rings is 1. The molecule has 5 heteroatoms. The Morgan fingerprint density at radius 1 is 1.38 bits per heavy atom. The molecule has 1 unspecified atom stereocenters. The highest BCUT2D eigenvalue weighted by Gasteiger charge is 2.25. The highest BCUT2D eigenvalue weighted by atomic mass is 16.4. The highest BCUT2D eigenvalue weighted by molar-refractivity contribution is 5.89. The van der Waals surface area contributed by atoms with E-state index in [4.69, 9.17) is 9.52 Å². The zero-order valence-electron chi connectivity index (χ0n) is 12.4. The molecule has 1 amide bonds. The van der Waals surface area contributed by atoms with Gasteiger partial charge in [0.1, 0.15) is 11.6 Å². The summed E-state index contributed by atoms with van der Waals surface area (Å²) < 4.78 is 5.46. The number of hydrogen-bond donors (Lipinski definition) is 1. The van der Waals surface area contributed by atoms with Crippen LogP contribution in [0.2, 0.25) is 0 Å². The van der Waals surface area contributed by atoms with Crippen LogP contribution in [0.5, 0.6) is 0 Å². The van der Waals surface area contributed by atoms with Crippen LogP contribution < -0.4 is 0 Å². The van der Waals surface area contributed by atoms with Crippen LogP contribution in [-0.4, -0.2) is 35.0 Å². The maximum absolute atomic E-state index is 12.2. The van der Waals surface area contributed by atoms with Crippen LogP contribution in [0.1, 0.15) is 24.5 Å². The number of benzene rings is 1. The van der Waals surface area contributed by atoms with Crippen LogP contribution in [0, 0.1) is 6.92 Å². The van der Waals surface area contributed by atoms with Crippen LogP contribution >= 0.6 is 0 Å². The summed E-state index contributed by atoms with van der Waals surface area (Å²) in [5, 5.41) is 10.0. The largest absolute Gasteiger partial charge is 0.480 e. The lowest BCUT2D eigenvalue weighted by Crippen LogP contribution is -2.42. The van der Waals surface area contributed by atoms with E-state index in [1.54, 1.807) is 13.2 Å². The Morgan fingerprint density at radius 2 is 2.10 bits per heavy atom. The van der Waals surface area contributed by atoms with Crippen LogP contribution in [-0.2, 0) is 16.0 Å². The quantitative estimate of drug-likeness (QED) is 0.918. The molecule has 0 saturated carbocycles. The topological polar surface area (TPSA) is 70.8 Å². The third kappa shape index (κ3) is 3.07. The number of rotatable bonds is 5. The predicted octanol–water partition coefficient (Wildman–Crippen LogP) is 2.61. The van der Waals surface area contributed by atoms with Crippen molar-refractivity contribution in [2.45, 2.75) is 32.7 Å². The molecule has 2 rings (SSSR count). The molecule has 1 aromatic heterocycles. The summed E-state index contributed by atoms with van der Waals surface area (Å²) in [4.78, 5) is 24.7. The molecular weight excluding hydrogens is 270 g/mol. The molecule has 0 fully saturated rings. The number of carbonyl (C=O) groups excluding carboxylic acids is 1. The standard InChI is InChI=1S/C16H19NO4/c1-4-13(16(19)20)17(3)15(18)8-11-9-21-14-7-10(2)5-6-12(11)14/h5-7,9,13H,4,8H2,1-3H3,(H,19,20). The average molecular weight is 289 g/mol. The normalized spacial score (nSPS) is 12.3. The van der Waals surface area contributed by atoms with Crippen molar-refractivity contribution in [2.24, 2.45) is 0 Å². The lowest BCUT2D eigenvalue weighted by atomic mass is 10.1. The molecule has 1 aromatic carbocycles. The molecule has 0 aliphatic rings. The monoisotopic (exact) mass is 289 g/mol. The first-order valence-electron chi connectivity index (χ1n) is 6.89. The van der Waals surface area contributed by atoms with Crippen LogP contribution in [0.15, 0.2) is 28.9 Å². The third-order valence-electron chi connectivity index (χ3n) is 3.69. The number of likely N-dealkylation sites (N-methyl/N-ethyl adjacent to an activating group) is 1. The van der Waals surface area contributed by atoms with Crippen LogP contribution in [0.25, 0.3) is 11.0 Å². The molecule has 0 radical (unpaired) electrons. The van der Waals surface area contributed by atoms with Gasteiger partial charge < -0.3 is 14.4 Å². The molecule has 2 aromatic rings. The third-order valence-corrected chi connectivity index (χ3v) is 3.69. The van der Waals surface area contributed by atoms with Gasteiger partial charge in [0, 0.05) is 18.0 Å². The van der Waals surface area contributed by atoms with Gasteiger partial charge in [0.25, 0.3) is 0 Å². The summed E-state index contributed by atoms with van der Waals surface area (Å²) in [6.45, 7) is 3.72. The van der Waals surface area contributed by atoms with Crippen molar-refractivity contribution in [1.29, 1.82) is 0 Å². The van der Waals surface area contributed by atoms with E-state index in [9.17, 15) is 9.59 Å². The Labute approximate surface area is 123 Å². The van der Waals surface area contributed by atoms with E-state index in [2.05, 4.69) is 0 Å². The Hall–Kier alpha value is -2.30. The van der Waals surface area contributed by atoms with Gasteiger partial charge in [-0.25, -0.2) is 4.79 Å². The molecular formula is C16H19NO4.